The molecule has 1 amide bonds. The van der Waals surface area contributed by atoms with E-state index in [-0.39, 0.29) is 17.3 Å². The third-order valence-electron chi connectivity index (χ3n) is 6.06. The summed E-state index contributed by atoms with van der Waals surface area (Å²) in [6, 6.07) is 0.298. The molecular weight excluding hydrogens is 458 g/mol. The third kappa shape index (κ3) is 6.05. The lowest BCUT2D eigenvalue weighted by Crippen LogP contribution is -2.39. The van der Waals surface area contributed by atoms with Gasteiger partial charge in [0.15, 0.2) is 0 Å². The van der Waals surface area contributed by atoms with Gasteiger partial charge in [-0.25, -0.2) is 18.6 Å². The number of cyclic esters (lactones) is 1. The molecule has 1 atom stereocenters. The van der Waals surface area contributed by atoms with Crippen molar-refractivity contribution in [2.45, 2.75) is 51.7 Å². The van der Waals surface area contributed by atoms with Crippen LogP contribution < -0.4 is 10.6 Å². The van der Waals surface area contributed by atoms with E-state index in [1.807, 2.05) is 17.8 Å². The monoisotopic (exact) mass is 490 g/mol. The summed E-state index contributed by atoms with van der Waals surface area (Å²) < 4.78 is 34.3. The number of likely N-dealkylation sites (tertiary alicyclic amines) is 1. The van der Waals surface area contributed by atoms with Gasteiger partial charge in [-0.3, -0.25) is 9.58 Å². The Hall–Kier alpha value is -3.28. The van der Waals surface area contributed by atoms with E-state index in [2.05, 4.69) is 37.6 Å². The first-order chi connectivity index (χ1) is 16.6. The van der Waals surface area contributed by atoms with E-state index in [1.54, 1.807) is 26.1 Å². The lowest BCUT2D eigenvalue weighted by molar-refractivity contribution is 0.0390. The van der Waals surface area contributed by atoms with E-state index in [0.717, 1.165) is 37.1 Å². The van der Waals surface area contributed by atoms with Gasteiger partial charge in [0.25, 0.3) is 6.43 Å². The zero-order valence-electron chi connectivity index (χ0n) is 20.5. The van der Waals surface area contributed by atoms with Crippen molar-refractivity contribution < 1.29 is 18.3 Å². The summed E-state index contributed by atoms with van der Waals surface area (Å²) in [6.07, 6.45) is 4.90. The van der Waals surface area contributed by atoms with Gasteiger partial charge in [-0.2, -0.15) is 10.1 Å². The second-order valence-electron chi connectivity index (χ2n) is 9.50. The summed E-state index contributed by atoms with van der Waals surface area (Å²) >= 11 is 0. The van der Waals surface area contributed by atoms with Crippen LogP contribution in [0.5, 0.6) is 0 Å². The van der Waals surface area contributed by atoms with Crippen molar-refractivity contribution in [1.82, 2.24) is 29.5 Å². The molecule has 4 rings (SSSR count). The second kappa shape index (κ2) is 10.1. The Morgan fingerprint density at radius 3 is 2.83 bits per heavy atom. The summed E-state index contributed by atoms with van der Waals surface area (Å²) in [6.45, 7) is 8.14. The van der Waals surface area contributed by atoms with Crippen LogP contribution in [0.2, 0.25) is 0 Å². The minimum Gasteiger partial charge on any atom is -0.439 e. The third-order valence-corrected chi connectivity index (χ3v) is 6.06. The molecule has 0 saturated carbocycles. The number of alkyl halides is 2. The number of anilines is 3. The van der Waals surface area contributed by atoms with Crippen LogP contribution in [0.15, 0.2) is 24.7 Å². The summed E-state index contributed by atoms with van der Waals surface area (Å²) in [7, 11) is 2.08. The standard InChI is InChI=1S/C23H32F2N8O2/c1-15-18(14-33(30-15)16-6-10-31(4)13-16)28-21-27-12-17(19(24)25)20(29-21)26-8-5-9-32-11-7-23(2,3)35-22(32)34/h7,11-12,14,16,19H,5-6,8-10,13H2,1-4H3,(H2,26,27,28,29). The fourth-order valence-electron chi connectivity index (χ4n) is 4.06. The van der Waals surface area contributed by atoms with E-state index in [4.69, 9.17) is 4.74 Å². The lowest BCUT2D eigenvalue weighted by Gasteiger charge is -2.31. The molecule has 0 aromatic carbocycles. The second-order valence-corrected chi connectivity index (χ2v) is 9.50. The van der Waals surface area contributed by atoms with Crippen LogP contribution in [0.1, 0.15) is 50.4 Å². The molecule has 2 aliphatic heterocycles. The van der Waals surface area contributed by atoms with Crippen molar-refractivity contribution in [2.75, 3.05) is 43.9 Å². The van der Waals surface area contributed by atoms with Crippen LogP contribution in [-0.4, -0.2) is 74.5 Å². The van der Waals surface area contributed by atoms with Gasteiger partial charge >= 0.3 is 6.09 Å². The number of halogens is 2. The van der Waals surface area contributed by atoms with Crippen molar-refractivity contribution >= 4 is 23.5 Å². The molecule has 10 nitrogen and oxygen atoms in total. The average Bonchev–Trinajstić information content (AvgIpc) is 3.37. The van der Waals surface area contributed by atoms with E-state index < -0.39 is 18.1 Å². The molecular formula is C23H32F2N8O2. The average molecular weight is 491 g/mol. The maximum absolute atomic E-state index is 13.5. The van der Waals surface area contributed by atoms with Crippen molar-refractivity contribution in [3.63, 3.8) is 0 Å². The highest BCUT2D eigenvalue weighted by Crippen LogP contribution is 2.28. The number of aryl methyl sites for hydroxylation is 1. The van der Waals surface area contributed by atoms with Gasteiger partial charge < -0.3 is 20.3 Å². The molecule has 2 aromatic heterocycles. The van der Waals surface area contributed by atoms with Crippen molar-refractivity contribution in [3.05, 3.63) is 35.9 Å². The minimum absolute atomic E-state index is 0.0536. The normalized spacial score (nSPS) is 19.9. The maximum atomic E-state index is 13.5. The Labute approximate surface area is 203 Å². The molecule has 2 aromatic rings. The van der Waals surface area contributed by atoms with Crippen LogP contribution in [0.3, 0.4) is 0 Å². The van der Waals surface area contributed by atoms with Crippen molar-refractivity contribution in [3.8, 4) is 0 Å². The Morgan fingerprint density at radius 1 is 1.34 bits per heavy atom. The topological polar surface area (TPSA) is 100 Å². The minimum atomic E-state index is -2.72. The molecule has 12 heteroatoms. The predicted octanol–water partition coefficient (Wildman–Crippen LogP) is 4.09. The molecule has 1 unspecified atom stereocenters. The number of carbonyl (C=O) groups excluding carboxylic acids is 1. The predicted molar refractivity (Wildman–Crippen MR) is 128 cm³/mol. The molecule has 0 bridgehead atoms. The summed E-state index contributed by atoms with van der Waals surface area (Å²) in [5.41, 5.74) is 0.592. The number of rotatable bonds is 9. The number of hydrogen-bond donors (Lipinski definition) is 2. The first kappa shape index (κ1) is 24.8. The van der Waals surface area contributed by atoms with E-state index >= 15 is 0 Å². The molecule has 1 saturated heterocycles. The van der Waals surface area contributed by atoms with Crippen molar-refractivity contribution in [1.29, 1.82) is 0 Å². The van der Waals surface area contributed by atoms with Crippen LogP contribution in [0.4, 0.5) is 31.0 Å². The Kier molecular flexibility index (Phi) is 7.20. The van der Waals surface area contributed by atoms with Crippen LogP contribution in [0, 0.1) is 6.92 Å². The molecule has 190 valence electrons. The van der Waals surface area contributed by atoms with Crippen molar-refractivity contribution in [2.24, 2.45) is 0 Å². The number of ether oxygens (including phenoxy) is 1. The Bertz CT molecular complexity index is 1090. The maximum Gasteiger partial charge on any atom is 0.414 e. The number of nitrogens with zero attached hydrogens (tertiary/aromatic N) is 6. The molecule has 2 aliphatic rings. The summed E-state index contributed by atoms with van der Waals surface area (Å²) in [5, 5.41) is 10.7. The van der Waals surface area contributed by atoms with E-state index in [0.29, 0.717) is 25.6 Å². The van der Waals surface area contributed by atoms with Crippen LogP contribution in [-0.2, 0) is 4.74 Å². The highest BCUT2D eigenvalue weighted by molar-refractivity contribution is 5.70. The number of likely N-dealkylation sites (N-methyl/N-ethyl adjacent to an activating group) is 1. The lowest BCUT2D eigenvalue weighted by atomic mass is 10.1. The van der Waals surface area contributed by atoms with Gasteiger partial charge in [-0.05, 0) is 53.3 Å². The molecule has 4 heterocycles. The molecule has 0 radical (unpaired) electrons. The van der Waals surface area contributed by atoms with Crippen LogP contribution in [0.25, 0.3) is 0 Å². The van der Waals surface area contributed by atoms with E-state index in [1.165, 1.54) is 4.90 Å². The Morgan fingerprint density at radius 2 is 2.14 bits per heavy atom. The smallest absolute Gasteiger partial charge is 0.414 e. The summed E-state index contributed by atoms with van der Waals surface area (Å²) in [4.78, 5) is 24.1. The van der Waals surface area contributed by atoms with Gasteiger partial charge in [0.2, 0.25) is 5.95 Å². The fourth-order valence-corrected chi connectivity index (χ4v) is 4.06. The highest BCUT2D eigenvalue weighted by Gasteiger charge is 2.28. The SMILES string of the molecule is Cc1nn(C2CCN(C)C2)cc1Nc1ncc(C(F)F)c(NCCCN2C=CC(C)(C)OC2=O)n1. The van der Waals surface area contributed by atoms with Gasteiger partial charge in [0.05, 0.1) is 23.0 Å². The molecule has 1 fully saturated rings. The number of aromatic nitrogens is 4. The molecule has 2 N–H and O–H groups in total. The molecule has 0 spiro atoms. The quantitative estimate of drug-likeness (QED) is 0.507. The number of hydrogen-bond acceptors (Lipinski definition) is 8. The van der Waals surface area contributed by atoms with Crippen LogP contribution >= 0.6 is 0 Å². The number of nitrogens with one attached hydrogen (secondary N) is 2. The number of amides is 1. The zero-order valence-corrected chi connectivity index (χ0v) is 20.5. The van der Waals surface area contributed by atoms with Gasteiger partial charge in [-0.15, -0.1) is 0 Å². The Balaban J connectivity index is 1.39. The first-order valence-corrected chi connectivity index (χ1v) is 11.7. The zero-order chi connectivity index (χ0) is 25.2. The van der Waals surface area contributed by atoms with E-state index in [9.17, 15) is 13.6 Å². The van der Waals surface area contributed by atoms with Gasteiger partial charge in [0.1, 0.15) is 11.4 Å². The highest BCUT2D eigenvalue weighted by atomic mass is 19.3. The number of carbonyl (C=O) groups is 1. The molecule has 0 aliphatic carbocycles. The molecule has 35 heavy (non-hydrogen) atoms. The summed E-state index contributed by atoms with van der Waals surface area (Å²) in [5.74, 6) is 0.255. The fraction of sp³-hybridized carbons (Fsp3) is 0.565. The van der Waals surface area contributed by atoms with Gasteiger partial charge in [-0.1, -0.05) is 0 Å². The van der Waals surface area contributed by atoms with Gasteiger partial charge in [0, 0.05) is 38.2 Å². The first-order valence-electron chi connectivity index (χ1n) is 11.7. The largest absolute Gasteiger partial charge is 0.439 e.